The van der Waals surface area contributed by atoms with Crippen molar-refractivity contribution in [3.05, 3.63) is 17.5 Å². The van der Waals surface area contributed by atoms with E-state index in [0.29, 0.717) is 43.6 Å². The normalized spacial score (nSPS) is 21.4. The predicted octanol–water partition coefficient (Wildman–Crippen LogP) is 1.34. The standard InChI is InChI=1S/C16H24N4O3S/c1-16(2,3)23-15(21)20-7-5-19(6-8-20)14-17-10-12-11-24(22)9-4-13(12)18-14/h10H,4-9,11H2,1-3H3. The Labute approximate surface area is 145 Å². The number of carbonyl (C=O) groups excluding carboxylic acids is 1. The Morgan fingerprint density at radius 1 is 1.29 bits per heavy atom. The fourth-order valence-corrected chi connectivity index (χ4v) is 3.95. The molecule has 1 atom stereocenters. The third-order valence-electron chi connectivity index (χ3n) is 4.04. The minimum absolute atomic E-state index is 0.268. The van der Waals surface area contributed by atoms with Crippen molar-refractivity contribution < 1.29 is 14.1 Å². The van der Waals surface area contributed by atoms with Gasteiger partial charge in [0.2, 0.25) is 5.95 Å². The maximum absolute atomic E-state index is 12.1. The van der Waals surface area contributed by atoms with Crippen LogP contribution in [0, 0.1) is 0 Å². The van der Waals surface area contributed by atoms with Gasteiger partial charge in [0.15, 0.2) is 0 Å². The number of amides is 1. The molecule has 3 heterocycles. The number of aromatic nitrogens is 2. The summed E-state index contributed by atoms with van der Waals surface area (Å²) in [6.45, 7) is 8.17. The van der Waals surface area contributed by atoms with Gasteiger partial charge in [-0.25, -0.2) is 14.8 Å². The Bertz CT molecular complexity index is 612. The molecule has 0 radical (unpaired) electrons. The van der Waals surface area contributed by atoms with Crippen molar-refractivity contribution in [2.75, 3.05) is 36.8 Å². The van der Waals surface area contributed by atoms with Gasteiger partial charge in [-0.1, -0.05) is 0 Å². The largest absolute Gasteiger partial charge is 0.616 e. The van der Waals surface area contributed by atoms with E-state index in [1.807, 2.05) is 20.8 Å². The fraction of sp³-hybridized carbons (Fsp3) is 0.688. The van der Waals surface area contributed by atoms with Crippen LogP contribution in [-0.2, 0) is 28.1 Å². The molecule has 0 saturated carbocycles. The highest BCUT2D eigenvalue weighted by molar-refractivity contribution is 7.90. The first-order chi connectivity index (χ1) is 11.3. The summed E-state index contributed by atoms with van der Waals surface area (Å²) in [5, 5.41) is 0. The number of anilines is 1. The molecule has 1 fully saturated rings. The van der Waals surface area contributed by atoms with Gasteiger partial charge < -0.3 is 19.1 Å². The summed E-state index contributed by atoms with van der Waals surface area (Å²) in [6.07, 6.45) is 2.28. The SMILES string of the molecule is CC(C)(C)OC(=O)N1CCN(c2ncc3c(n2)CC[S+]([O-])C3)CC1. The number of nitrogens with zero attached hydrogens (tertiary/aromatic N) is 4. The topological polar surface area (TPSA) is 81.6 Å². The van der Waals surface area contributed by atoms with E-state index in [0.717, 1.165) is 17.7 Å². The van der Waals surface area contributed by atoms with E-state index in [1.165, 1.54) is 0 Å². The van der Waals surface area contributed by atoms with Gasteiger partial charge in [0.25, 0.3) is 0 Å². The number of carbonyl (C=O) groups is 1. The van der Waals surface area contributed by atoms with Crippen molar-refractivity contribution in [1.29, 1.82) is 0 Å². The highest BCUT2D eigenvalue weighted by atomic mass is 32.2. The first-order valence-corrected chi connectivity index (χ1v) is 9.73. The number of hydrogen-bond acceptors (Lipinski definition) is 6. The lowest BCUT2D eigenvalue weighted by Gasteiger charge is -2.35. The molecular formula is C16H24N4O3S. The lowest BCUT2D eigenvalue weighted by molar-refractivity contribution is 0.0240. The van der Waals surface area contributed by atoms with Crippen molar-refractivity contribution in [2.24, 2.45) is 0 Å². The quantitative estimate of drug-likeness (QED) is 0.710. The Morgan fingerprint density at radius 3 is 2.67 bits per heavy atom. The van der Waals surface area contributed by atoms with Crippen molar-refractivity contribution in [3.8, 4) is 0 Å². The Balaban J connectivity index is 1.60. The second-order valence-electron chi connectivity index (χ2n) is 7.13. The number of aryl methyl sites for hydroxylation is 1. The summed E-state index contributed by atoms with van der Waals surface area (Å²) in [5.41, 5.74) is 1.53. The molecule has 3 rings (SSSR count). The summed E-state index contributed by atoms with van der Waals surface area (Å²) < 4.78 is 17.0. The number of piperazine rings is 1. The van der Waals surface area contributed by atoms with Crippen LogP contribution in [0.3, 0.4) is 0 Å². The van der Waals surface area contributed by atoms with Crippen molar-refractivity contribution in [3.63, 3.8) is 0 Å². The van der Waals surface area contributed by atoms with Crippen LogP contribution in [0.1, 0.15) is 32.0 Å². The maximum atomic E-state index is 12.1. The van der Waals surface area contributed by atoms with Gasteiger partial charge >= 0.3 is 6.09 Å². The number of ether oxygens (including phenoxy) is 1. The minimum atomic E-state index is -0.783. The first-order valence-electron chi connectivity index (χ1n) is 8.24. The molecule has 0 bridgehead atoms. The van der Waals surface area contributed by atoms with Crippen LogP contribution in [0.15, 0.2) is 6.20 Å². The summed E-state index contributed by atoms with van der Waals surface area (Å²) in [6, 6.07) is 0. The summed E-state index contributed by atoms with van der Waals surface area (Å²) in [4.78, 5) is 25.0. The Kier molecular flexibility index (Phi) is 4.87. The molecular weight excluding hydrogens is 328 g/mol. The van der Waals surface area contributed by atoms with Crippen LogP contribution < -0.4 is 4.90 Å². The molecule has 2 aliphatic rings. The molecule has 24 heavy (non-hydrogen) atoms. The highest BCUT2D eigenvalue weighted by Crippen LogP contribution is 2.21. The monoisotopic (exact) mass is 352 g/mol. The number of hydrogen-bond donors (Lipinski definition) is 0. The molecule has 1 aromatic rings. The van der Waals surface area contributed by atoms with Gasteiger partial charge in [0.1, 0.15) is 17.1 Å². The zero-order valence-corrected chi connectivity index (χ0v) is 15.3. The first kappa shape index (κ1) is 17.3. The van der Waals surface area contributed by atoms with Crippen molar-refractivity contribution in [1.82, 2.24) is 14.9 Å². The van der Waals surface area contributed by atoms with Crippen LogP contribution in [0.4, 0.5) is 10.7 Å². The molecule has 8 heteroatoms. The molecule has 0 aromatic carbocycles. The van der Waals surface area contributed by atoms with E-state index in [2.05, 4.69) is 14.9 Å². The van der Waals surface area contributed by atoms with Gasteiger partial charge in [0, 0.05) is 44.4 Å². The average Bonchev–Trinajstić information content (AvgIpc) is 2.53. The molecule has 2 aliphatic heterocycles. The summed E-state index contributed by atoms with van der Waals surface area (Å²) in [5.74, 6) is 1.93. The predicted molar refractivity (Wildman–Crippen MR) is 92.5 cm³/mol. The molecule has 132 valence electrons. The number of fused-ring (bicyclic) bond motifs is 1. The molecule has 7 nitrogen and oxygen atoms in total. The molecule has 1 saturated heterocycles. The molecule has 0 spiro atoms. The zero-order chi connectivity index (χ0) is 17.3. The third-order valence-corrected chi connectivity index (χ3v) is 5.33. The maximum Gasteiger partial charge on any atom is 0.410 e. The molecule has 1 aromatic heterocycles. The van der Waals surface area contributed by atoms with Gasteiger partial charge in [-0.2, -0.15) is 0 Å². The number of rotatable bonds is 1. The molecule has 0 N–H and O–H groups in total. The average molecular weight is 352 g/mol. The third kappa shape index (κ3) is 4.10. The second-order valence-corrected chi connectivity index (χ2v) is 8.71. The minimum Gasteiger partial charge on any atom is -0.616 e. The van der Waals surface area contributed by atoms with Gasteiger partial charge in [-0.3, -0.25) is 0 Å². The van der Waals surface area contributed by atoms with Gasteiger partial charge in [-0.05, 0) is 31.9 Å². The molecule has 1 unspecified atom stereocenters. The molecule has 0 aliphatic carbocycles. The van der Waals surface area contributed by atoms with Crippen LogP contribution in [-0.4, -0.2) is 63.0 Å². The van der Waals surface area contributed by atoms with E-state index >= 15 is 0 Å². The smallest absolute Gasteiger partial charge is 0.410 e. The van der Waals surface area contributed by atoms with E-state index in [-0.39, 0.29) is 6.09 Å². The van der Waals surface area contributed by atoms with Gasteiger partial charge in [-0.15, -0.1) is 0 Å². The van der Waals surface area contributed by atoms with E-state index < -0.39 is 16.8 Å². The van der Waals surface area contributed by atoms with E-state index in [9.17, 15) is 9.35 Å². The van der Waals surface area contributed by atoms with Crippen LogP contribution in [0.2, 0.25) is 0 Å². The lowest BCUT2D eigenvalue weighted by atomic mass is 10.2. The van der Waals surface area contributed by atoms with Crippen molar-refractivity contribution in [2.45, 2.75) is 38.5 Å². The van der Waals surface area contributed by atoms with Crippen LogP contribution >= 0.6 is 0 Å². The zero-order valence-electron chi connectivity index (χ0n) is 14.4. The molecule has 1 amide bonds. The van der Waals surface area contributed by atoms with E-state index in [1.54, 1.807) is 11.1 Å². The highest BCUT2D eigenvalue weighted by Gasteiger charge is 2.28. The Hall–Kier alpha value is -1.54. The summed E-state index contributed by atoms with van der Waals surface area (Å²) >= 11 is -0.783. The summed E-state index contributed by atoms with van der Waals surface area (Å²) in [7, 11) is 0. The lowest BCUT2D eigenvalue weighted by Crippen LogP contribution is -2.50. The van der Waals surface area contributed by atoms with Crippen molar-refractivity contribution >= 4 is 23.2 Å². The van der Waals surface area contributed by atoms with Crippen LogP contribution in [0.25, 0.3) is 0 Å². The fourth-order valence-electron chi connectivity index (χ4n) is 2.79. The van der Waals surface area contributed by atoms with E-state index in [4.69, 9.17) is 4.74 Å². The Morgan fingerprint density at radius 2 is 2.00 bits per heavy atom. The van der Waals surface area contributed by atoms with Gasteiger partial charge in [0.05, 0.1) is 5.69 Å². The second kappa shape index (κ2) is 6.76. The van der Waals surface area contributed by atoms with Crippen LogP contribution in [0.5, 0.6) is 0 Å².